The van der Waals surface area contributed by atoms with E-state index in [1.54, 1.807) is 29.7 Å². The van der Waals surface area contributed by atoms with E-state index >= 15 is 0 Å². The standard InChI is InChI=1S/C37H39N9O4/c1-2-30(47)43-28-19-29(33(49)32(28)48)46-22-42-31-34(41-21-27(24-11-5-3-6-12-24)25-13-7-4-8-14-25)44-35(45-36(31)46)37(50)40-17-16-39-26-15-9-10-23(18-26)20-38/h3-15,18,22,27-29,32-33,39,48-49H,2,16-17,19,21H2,1H3,(H,40,50)(H,43,47)(H,41,44,45)/t28-,29+,32+,33-/m0/s1. The van der Waals surface area contributed by atoms with Gasteiger partial charge in [0.1, 0.15) is 17.7 Å². The Morgan fingerprint density at radius 1 is 0.940 bits per heavy atom. The fourth-order valence-electron chi connectivity index (χ4n) is 6.28. The third-order valence-electron chi connectivity index (χ3n) is 8.91. The highest BCUT2D eigenvalue weighted by Crippen LogP contribution is 2.34. The summed E-state index contributed by atoms with van der Waals surface area (Å²) in [4.78, 5) is 39.5. The second-order valence-corrected chi connectivity index (χ2v) is 12.2. The van der Waals surface area contributed by atoms with Gasteiger partial charge in [-0.2, -0.15) is 5.26 Å². The van der Waals surface area contributed by atoms with Gasteiger partial charge in [-0.3, -0.25) is 9.59 Å². The molecule has 13 nitrogen and oxygen atoms in total. The first-order valence-electron chi connectivity index (χ1n) is 16.6. The summed E-state index contributed by atoms with van der Waals surface area (Å²) in [6, 6.07) is 28.0. The first-order chi connectivity index (χ1) is 24.4. The number of amides is 2. The molecule has 0 aliphatic heterocycles. The van der Waals surface area contributed by atoms with Crippen LogP contribution in [0.15, 0.2) is 91.3 Å². The molecule has 1 aliphatic carbocycles. The number of nitriles is 1. The predicted molar refractivity (Wildman–Crippen MR) is 188 cm³/mol. The normalized spacial score (nSPS) is 18.5. The van der Waals surface area contributed by atoms with Crippen LogP contribution < -0.4 is 21.3 Å². The molecule has 6 rings (SSSR count). The van der Waals surface area contributed by atoms with Crippen molar-refractivity contribution in [3.05, 3.63) is 114 Å². The Morgan fingerprint density at radius 3 is 2.34 bits per heavy atom. The Hall–Kier alpha value is -5.84. The number of nitrogens with one attached hydrogen (secondary N) is 4. The van der Waals surface area contributed by atoms with E-state index in [1.807, 2.05) is 42.5 Å². The monoisotopic (exact) mass is 673 g/mol. The van der Waals surface area contributed by atoms with Crippen LogP contribution in [-0.4, -0.2) is 79.4 Å². The van der Waals surface area contributed by atoms with Gasteiger partial charge < -0.3 is 36.0 Å². The van der Waals surface area contributed by atoms with Crippen molar-refractivity contribution in [2.45, 2.75) is 50.0 Å². The maximum absolute atomic E-state index is 13.5. The quantitative estimate of drug-likeness (QED) is 0.101. The lowest BCUT2D eigenvalue weighted by Crippen LogP contribution is -2.42. The van der Waals surface area contributed by atoms with E-state index in [0.29, 0.717) is 35.6 Å². The zero-order valence-electron chi connectivity index (χ0n) is 27.5. The highest BCUT2D eigenvalue weighted by atomic mass is 16.3. The fraction of sp³-hybridized carbons (Fsp3) is 0.297. The predicted octanol–water partition coefficient (Wildman–Crippen LogP) is 3.35. The molecule has 1 aliphatic rings. The third-order valence-corrected chi connectivity index (χ3v) is 8.91. The van der Waals surface area contributed by atoms with E-state index < -0.39 is 30.2 Å². The molecule has 2 aromatic heterocycles. The van der Waals surface area contributed by atoms with Gasteiger partial charge in [0, 0.05) is 37.7 Å². The van der Waals surface area contributed by atoms with Gasteiger partial charge in [0.2, 0.25) is 11.7 Å². The minimum atomic E-state index is -1.22. The molecule has 1 saturated carbocycles. The Balaban J connectivity index is 1.29. The summed E-state index contributed by atoms with van der Waals surface area (Å²) in [6.07, 6.45) is -0.426. The van der Waals surface area contributed by atoms with Crippen molar-refractivity contribution in [2.75, 3.05) is 30.3 Å². The van der Waals surface area contributed by atoms with Gasteiger partial charge in [-0.15, -0.1) is 0 Å². The highest BCUT2D eigenvalue weighted by molar-refractivity contribution is 5.94. The van der Waals surface area contributed by atoms with Gasteiger partial charge in [-0.05, 0) is 35.7 Å². The van der Waals surface area contributed by atoms with Crippen LogP contribution in [0, 0.1) is 11.3 Å². The van der Waals surface area contributed by atoms with Gasteiger partial charge >= 0.3 is 0 Å². The van der Waals surface area contributed by atoms with E-state index in [1.165, 1.54) is 6.33 Å². The lowest BCUT2D eigenvalue weighted by atomic mass is 9.91. The van der Waals surface area contributed by atoms with Gasteiger partial charge in [0.15, 0.2) is 11.5 Å². The number of aliphatic hydroxyl groups excluding tert-OH is 2. The Labute approximate surface area is 289 Å². The lowest BCUT2D eigenvalue weighted by molar-refractivity contribution is -0.122. The summed E-state index contributed by atoms with van der Waals surface area (Å²) in [6.45, 7) is 2.78. The molecule has 50 heavy (non-hydrogen) atoms. The van der Waals surface area contributed by atoms with Crippen molar-refractivity contribution >= 4 is 34.5 Å². The molecule has 13 heteroatoms. The first kappa shape index (κ1) is 34.0. The smallest absolute Gasteiger partial charge is 0.289 e. The molecule has 1 fully saturated rings. The van der Waals surface area contributed by atoms with Gasteiger partial charge in [-0.1, -0.05) is 73.7 Å². The molecule has 6 N–H and O–H groups in total. The van der Waals surface area contributed by atoms with Crippen LogP contribution in [0.25, 0.3) is 11.2 Å². The average Bonchev–Trinajstić information content (AvgIpc) is 3.70. The Morgan fingerprint density at radius 2 is 1.66 bits per heavy atom. The molecule has 2 amide bonds. The number of fused-ring (bicyclic) bond motifs is 1. The van der Waals surface area contributed by atoms with Crippen molar-refractivity contribution in [2.24, 2.45) is 0 Å². The molecule has 256 valence electrons. The topological polar surface area (TPSA) is 190 Å². The number of carbonyl (C=O) groups is 2. The number of anilines is 2. The molecule has 0 saturated heterocycles. The number of carbonyl (C=O) groups excluding carboxylic acids is 2. The maximum atomic E-state index is 13.5. The van der Waals surface area contributed by atoms with Crippen LogP contribution >= 0.6 is 0 Å². The van der Waals surface area contributed by atoms with Crippen molar-refractivity contribution in [3.8, 4) is 6.07 Å². The molecule has 0 unspecified atom stereocenters. The SMILES string of the molecule is CCC(=O)N[C@H]1C[C@@H](n2cnc3c(NCC(c4ccccc4)c4ccccc4)nc(C(=O)NCCNc4cccc(C#N)c4)nc32)[C@H](O)[C@@H]1O. The van der Waals surface area contributed by atoms with Crippen molar-refractivity contribution in [3.63, 3.8) is 0 Å². The number of imidazole rings is 1. The molecular weight excluding hydrogens is 634 g/mol. The lowest BCUT2D eigenvalue weighted by Gasteiger charge is -2.20. The summed E-state index contributed by atoms with van der Waals surface area (Å²) in [5.41, 5.74) is 4.16. The van der Waals surface area contributed by atoms with E-state index in [0.717, 1.165) is 16.8 Å². The van der Waals surface area contributed by atoms with Crippen LogP contribution in [0.1, 0.15) is 59.0 Å². The summed E-state index contributed by atoms with van der Waals surface area (Å²) in [5.74, 6) is -0.567. The number of aliphatic hydroxyl groups is 2. The van der Waals surface area contributed by atoms with Crippen LogP contribution in [0.4, 0.5) is 11.5 Å². The number of aromatic nitrogens is 4. The van der Waals surface area contributed by atoms with Crippen molar-refractivity contribution in [1.29, 1.82) is 5.26 Å². The van der Waals surface area contributed by atoms with Crippen molar-refractivity contribution in [1.82, 2.24) is 30.2 Å². The molecule has 5 aromatic rings. The number of hydrogen-bond acceptors (Lipinski definition) is 10. The number of hydrogen-bond donors (Lipinski definition) is 6. The molecule has 0 spiro atoms. The van der Waals surface area contributed by atoms with E-state index in [-0.39, 0.29) is 37.0 Å². The second-order valence-electron chi connectivity index (χ2n) is 12.2. The number of nitrogens with zero attached hydrogens (tertiary/aromatic N) is 5. The second kappa shape index (κ2) is 15.6. The molecule has 3 aromatic carbocycles. The van der Waals surface area contributed by atoms with Gasteiger partial charge in [0.25, 0.3) is 5.91 Å². The molecule has 0 radical (unpaired) electrons. The van der Waals surface area contributed by atoms with Crippen LogP contribution in [0.3, 0.4) is 0 Å². The molecule has 0 bridgehead atoms. The zero-order chi connectivity index (χ0) is 35.0. The van der Waals surface area contributed by atoms with Crippen LogP contribution in [-0.2, 0) is 4.79 Å². The highest BCUT2D eigenvalue weighted by Gasteiger charge is 2.43. The summed E-state index contributed by atoms with van der Waals surface area (Å²) < 4.78 is 1.64. The molecular formula is C37H39N9O4. The van der Waals surface area contributed by atoms with Crippen molar-refractivity contribution < 1.29 is 19.8 Å². The van der Waals surface area contributed by atoms with E-state index in [2.05, 4.69) is 66.6 Å². The summed E-state index contributed by atoms with van der Waals surface area (Å²) >= 11 is 0. The summed E-state index contributed by atoms with van der Waals surface area (Å²) in [5, 5.41) is 43.3. The maximum Gasteiger partial charge on any atom is 0.289 e. The van der Waals surface area contributed by atoms with E-state index in [4.69, 9.17) is 0 Å². The first-order valence-corrected chi connectivity index (χ1v) is 16.6. The largest absolute Gasteiger partial charge is 0.388 e. The number of benzene rings is 3. The number of rotatable bonds is 13. The molecule has 2 heterocycles. The minimum absolute atomic E-state index is 0.0536. The fourth-order valence-corrected chi connectivity index (χ4v) is 6.28. The zero-order valence-corrected chi connectivity index (χ0v) is 27.5. The van der Waals surface area contributed by atoms with Gasteiger partial charge in [-0.25, -0.2) is 15.0 Å². The van der Waals surface area contributed by atoms with E-state index in [9.17, 15) is 25.1 Å². The Kier molecular flexibility index (Phi) is 10.6. The van der Waals surface area contributed by atoms with Gasteiger partial charge in [0.05, 0.1) is 30.0 Å². The summed E-state index contributed by atoms with van der Waals surface area (Å²) in [7, 11) is 0. The third kappa shape index (κ3) is 7.57. The van der Waals surface area contributed by atoms with Crippen LogP contribution in [0.5, 0.6) is 0 Å². The Bertz CT molecular complexity index is 1940. The van der Waals surface area contributed by atoms with Crippen LogP contribution in [0.2, 0.25) is 0 Å². The average molecular weight is 674 g/mol. The minimum Gasteiger partial charge on any atom is -0.388 e. The molecule has 4 atom stereocenters.